The zero-order valence-electron chi connectivity index (χ0n) is 22.3. The minimum absolute atomic E-state index is 0.126. The summed E-state index contributed by atoms with van der Waals surface area (Å²) in [5.41, 5.74) is 3.90. The van der Waals surface area contributed by atoms with Gasteiger partial charge in [-0.3, -0.25) is 9.78 Å². The topological polar surface area (TPSA) is 76.1 Å². The molecule has 1 atom stereocenters. The Hall–Kier alpha value is -4.72. The van der Waals surface area contributed by atoms with E-state index >= 15 is 0 Å². The first-order chi connectivity index (χ1) is 20.2. The number of hydrogen-bond acceptors (Lipinski definition) is 5. The van der Waals surface area contributed by atoms with E-state index in [2.05, 4.69) is 52.0 Å². The van der Waals surface area contributed by atoms with Crippen LogP contribution in [0.5, 0.6) is 0 Å². The molecule has 5 aromatic rings. The van der Waals surface area contributed by atoms with Crippen LogP contribution in [0, 0.1) is 5.82 Å². The molecule has 0 unspecified atom stereocenters. The maximum Gasteiger partial charge on any atom is 0.275 e. The third-order valence-electron chi connectivity index (χ3n) is 7.42. The van der Waals surface area contributed by atoms with Crippen molar-refractivity contribution >= 4 is 11.6 Å². The van der Waals surface area contributed by atoms with Crippen molar-refractivity contribution in [3.8, 4) is 0 Å². The summed E-state index contributed by atoms with van der Waals surface area (Å²) in [6.45, 7) is 1.81. The molecule has 1 fully saturated rings. The lowest BCUT2D eigenvalue weighted by atomic mass is 9.67. The van der Waals surface area contributed by atoms with E-state index < -0.39 is 17.1 Å². The van der Waals surface area contributed by atoms with Crippen molar-refractivity contribution in [1.82, 2.24) is 15.3 Å². The third-order valence-corrected chi connectivity index (χ3v) is 7.42. The number of rotatable bonds is 7. The maximum atomic E-state index is 14.9. The van der Waals surface area contributed by atoms with Crippen molar-refractivity contribution in [1.29, 1.82) is 0 Å². The Morgan fingerprint density at radius 2 is 1.44 bits per heavy atom. The molecule has 41 heavy (non-hydrogen) atoms. The number of anilines is 1. The molecule has 1 aromatic heterocycles. The Morgan fingerprint density at radius 1 is 0.829 bits per heavy atom. The van der Waals surface area contributed by atoms with Crippen LogP contribution in [-0.2, 0) is 10.2 Å². The van der Waals surface area contributed by atoms with Crippen molar-refractivity contribution in [2.45, 2.75) is 11.5 Å². The molecule has 6 rings (SSSR count). The zero-order chi connectivity index (χ0) is 28.1. The van der Waals surface area contributed by atoms with Gasteiger partial charge in [0.1, 0.15) is 11.5 Å². The number of nitrogens with zero attached hydrogens (tertiary/aromatic N) is 2. The molecule has 0 aliphatic carbocycles. The molecule has 2 N–H and O–H groups in total. The molecule has 0 radical (unpaired) electrons. The molecule has 0 bridgehead atoms. The van der Waals surface area contributed by atoms with Crippen molar-refractivity contribution in [3.63, 3.8) is 0 Å². The minimum Gasteiger partial charge on any atom is -0.371 e. The molecule has 0 saturated carbocycles. The van der Waals surface area contributed by atoms with Gasteiger partial charge in [0, 0.05) is 24.3 Å². The van der Waals surface area contributed by atoms with Crippen LogP contribution in [0.4, 0.5) is 10.1 Å². The maximum absolute atomic E-state index is 14.9. The summed E-state index contributed by atoms with van der Waals surface area (Å²) in [7, 11) is 0. The molecule has 1 saturated heterocycles. The Kier molecular flexibility index (Phi) is 7.63. The van der Waals surface area contributed by atoms with Gasteiger partial charge < -0.3 is 15.4 Å². The highest BCUT2D eigenvalue weighted by Gasteiger charge is 2.40. The van der Waals surface area contributed by atoms with E-state index in [9.17, 15) is 9.18 Å². The van der Waals surface area contributed by atoms with Gasteiger partial charge >= 0.3 is 0 Å². The number of carbonyl (C=O) groups excluding carboxylic acids is 1. The van der Waals surface area contributed by atoms with Gasteiger partial charge in [-0.15, -0.1) is 0 Å². The molecule has 204 valence electrons. The fraction of sp³-hybridized carbons (Fsp3) is 0.147. The van der Waals surface area contributed by atoms with Gasteiger partial charge in [0.25, 0.3) is 5.91 Å². The second-order valence-corrected chi connectivity index (χ2v) is 9.89. The van der Waals surface area contributed by atoms with Gasteiger partial charge in [-0.25, -0.2) is 9.37 Å². The lowest BCUT2D eigenvalue weighted by Crippen LogP contribution is -2.33. The SMILES string of the molecule is O=C(Nc1ccc([C@H]2CNCCO2)c(F)c1)c1cnc(C(c2ccccc2)(c2ccccc2)c2ccccc2)cn1. The second-order valence-electron chi connectivity index (χ2n) is 9.89. The van der Waals surface area contributed by atoms with Gasteiger partial charge in [-0.05, 0) is 28.8 Å². The van der Waals surface area contributed by atoms with Crippen LogP contribution in [0.15, 0.2) is 122 Å². The lowest BCUT2D eigenvalue weighted by Gasteiger charge is -2.35. The quantitative estimate of drug-likeness (QED) is 0.249. The normalized spacial score (nSPS) is 15.3. The number of carbonyl (C=O) groups is 1. The van der Waals surface area contributed by atoms with E-state index in [1.807, 2.05) is 54.6 Å². The molecule has 4 aromatic carbocycles. The average Bonchev–Trinajstić information content (AvgIpc) is 3.04. The fourth-order valence-electron chi connectivity index (χ4n) is 5.47. The van der Waals surface area contributed by atoms with Crippen LogP contribution >= 0.6 is 0 Å². The lowest BCUT2D eigenvalue weighted by molar-refractivity contribution is 0.0255. The van der Waals surface area contributed by atoms with Crippen molar-refractivity contribution in [2.24, 2.45) is 0 Å². The van der Waals surface area contributed by atoms with E-state index in [1.54, 1.807) is 18.3 Å². The number of benzene rings is 4. The largest absolute Gasteiger partial charge is 0.371 e. The highest BCUT2D eigenvalue weighted by molar-refractivity contribution is 6.02. The average molecular weight is 545 g/mol. The van der Waals surface area contributed by atoms with Crippen LogP contribution in [0.3, 0.4) is 0 Å². The number of aromatic nitrogens is 2. The molecular weight excluding hydrogens is 515 g/mol. The zero-order valence-corrected chi connectivity index (χ0v) is 22.3. The predicted octanol–water partition coefficient (Wildman–Crippen LogP) is 5.91. The first kappa shape index (κ1) is 26.5. The number of halogens is 1. The molecule has 1 aliphatic heterocycles. The van der Waals surface area contributed by atoms with E-state index in [4.69, 9.17) is 9.72 Å². The molecule has 0 spiro atoms. The fourth-order valence-corrected chi connectivity index (χ4v) is 5.47. The highest BCUT2D eigenvalue weighted by Crippen LogP contribution is 2.43. The summed E-state index contributed by atoms with van der Waals surface area (Å²) in [5.74, 6) is -0.909. The van der Waals surface area contributed by atoms with Gasteiger partial charge in [0.2, 0.25) is 0 Å². The Labute approximate surface area is 238 Å². The summed E-state index contributed by atoms with van der Waals surface area (Å²) in [6.07, 6.45) is 2.77. The van der Waals surface area contributed by atoms with Crippen LogP contribution in [0.2, 0.25) is 0 Å². The molecule has 1 aliphatic rings. The van der Waals surface area contributed by atoms with Gasteiger partial charge in [-0.1, -0.05) is 97.1 Å². The molecule has 6 nitrogen and oxygen atoms in total. The summed E-state index contributed by atoms with van der Waals surface area (Å²) in [4.78, 5) is 22.5. The number of hydrogen-bond donors (Lipinski definition) is 2. The third kappa shape index (κ3) is 5.25. The van der Waals surface area contributed by atoms with Crippen LogP contribution < -0.4 is 10.6 Å². The number of morpholine rings is 1. The van der Waals surface area contributed by atoms with E-state index in [0.717, 1.165) is 23.2 Å². The molecule has 1 amide bonds. The Bertz CT molecular complexity index is 1510. The second kappa shape index (κ2) is 11.8. The van der Waals surface area contributed by atoms with E-state index in [-0.39, 0.29) is 11.8 Å². The summed E-state index contributed by atoms with van der Waals surface area (Å²) in [5, 5.41) is 5.94. The van der Waals surface area contributed by atoms with Crippen LogP contribution in [0.25, 0.3) is 0 Å². The number of nitrogens with one attached hydrogen (secondary N) is 2. The smallest absolute Gasteiger partial charge is 0.275 e. The van der Waals surface area contributed by atoms with Gasteiger partial charge in [0.15, 0.2) is 0 Å². The molecule has 7 heteroatoms. The summed E-state index contributed by atoms with van der Waals surface area (Å²) in [6, 6.07) is 35.1. The van der Waals surface area contributed by atoms with Crippen LogP contribution in [0.1, 0.15) is 44.5 Å². The van der Waals surface area contributed by atoms with Crippen molar-refractivity contribution < 1.29 is 13.9 Å². The minimum atomic E-state index is -0.763. The standard InChI is InChI=1S/C34H29FN4O2/c35-29-20-27(16-17-28(29)31-22-36-18-19-41-31)39-33(40)30-21-38-32(23-37-30)34(24-10-4-1-5-11-24,25-12-6-2-7-13-25)26-14-8-3-9-15-26/h1-17,20-21,23,31,36H,18-19,22H2,(H,39,40)/t31-/m1/s1. The predicted molar refractivity (Wildman–Crippen MR) is 156 cm³/mol. The highest BCUT2D eigenvalue weighted by atomic mass is 19.1. The van der Waals surface area contributed by atoms with Crippen molar-refractivity contribution in [3.05, 3.63) is 161 Å². The first-order valence-electron chi connectivity index (χ1n) is 13.6. The van der Waals surface area contributed by atoms with E-state index in [0.29, 0.717) is 30.1 Å². The monoisotopic (exact) mass is 544 g/mol. The summed E-state index contributed by atoms with van der Waals surface area (Å²) >= 11 is 0. The first-order valence-corrected chi connectivity index (χ1v) is 13.6. The Morgan fingerprint density at radius 3 is 1.93 bits per heavy atom. The Balaban J connectivity index is 1.34. The number of ether oxygens (including phenoxy) is 1. The van der Waals surface area contributed by atoms with Crippen LogP contribution in [-0.4, -0.2) is 35.6 Å². The number of amides is 1. The van der Waals surface area contributed by atoms with Crippen molar-refractivity contribution in [2.75, 3.05) is 25.0 Å². The van der Waals surface area contributed by atoms with Gasteiger partial charge in [0.05, 0.1) is 36.2 Å². The van der Waals surface area contributed by atoms with E-state index in [1.165, 1.54) is 12.3 Å². The molecular formula is C34H29FN4O2. The molecule has 2 heterocycles. The summed E-state index contributed by atoms with van der Waals surface area (Å²) < 4.78 is 20.5. The van der Waals surface area contributed by atoms with Gasteiger partial charge in [-0.2, -0.15) is 0 Å².